The van der Waals surface area contributed by atoms with Crippen molar-refractivity contribution >= 4 is 17.3 Å². The average molecular weight is 269 g/mol. The molecule has 0 saturated carbocycles. The van der Waals surface area contributed by atoms with E-state index in [-0.39, 0.29) is 5.56 Å². The number of hydrogen-bond donors (Lipinski definition) is 1. The van der Waals surface area contributed by atoms with Crippen molar-refractivity contribution in [1.29, 1.82) is 0 Å². The van der Waals surface area contributed by atoms with Gasteiger partial charge in [0.05, 0.1) is 11.9 Å². The topological polar surface area (TPSA) is 50.2 Å². The first-order valence-electron chi connectivity index (χ1n) is 6.45. The van der Waals surface area contributed by atoms with E-state index in [0.717, 1.165) is 31.7 Å². The highest BCUT2D eigenvalue weighted by Crippen LogP contribution is 2.33. The molecule has 0 aromatic carbocycles. The van der Waals surface area contributed by atoms with Gasteiger partial charge in [0.25, 0.3) is 5.56 Å². The number of hydrogen-bond acceptors (Lipinski definition) is 4. The van der Waals surface area contributed by atoms with Gasteiger partial charge in [-0.05, 0) is 19.3 Å². The van der Waals surface area contributed by atoms with Crippen molar-refractivity contribution in [3.63, 3.8) is 0 Å². The van der Waals surface area contributed by atoms with Crippen LogP contribution in [0.25, 0.3) is 0 Å². The van der Waals surface area contributed by atoms with Crippen LogP contribution in [0.4, 0.5) is 5.69 Å². The molecule has 2 aliphatic heterocycles. The van der Waals surface area contributed by atoms with Crippen LogP contribution in [0.2, 0.25) is 5.02 Å². The van der Waals surface area contributed by atoms with Crippen LogP contribution in [0.1, 0.15) is 13.3 Å². The molecule has 1 aromatic heterocycles. The first-order valence-corrected chi connectivity index (χ1v) is 6.83. The number of rotatable bonds is 2. The summed E-state index contributed by atoms with van der Waals surface area (Å²) in [6, 6.07) is 0.459. The Morgan fingerprint density at radius 1 is 1.56 bits per heavy atom. The fourth-order valence-electron chi connectivity index (χ4n) is 3.03. The Kier molecular flexibility index (Phi) is 3.03. The minimum Gasteiger partial charge on any atom is -0.364 e. The van der Waals surface area contributed by atoms with Gasteiger partial charge in [-0.1, -0.05) is 11.6 Å². The summed E-state index contributed by atoms with van der Waals surface area (Å²) in [7, 11) is 0. The molecule has 0 unspecified atom stereocenters. The van der Waals surface area contributed by atoms with Crippen LogP contribution in [0.5, 0.6) is 0 Å². The highest BCUT2D eigenvalue weighted by Gasteiger charge is 2.38. The summed E-state index contributed by atoms with van der Waals surface area (Å²) >= 11 is 6.21. The van der Waals surface area contributed by atoms with E-state index in [9.17, 15) is 4.79 Å². The molecule has 3 heterocycles. The Labute approximate surface area is 111 Å². The lowest BCUT2D eigenvalue weighted by Crippen LogP contribution is -2.36. The summed E-state index contributed by atoms with van der Waals surface area (Å²) in [5, 5.41) is 7.87. The molecule has 1 aromatic rings. The molecule has 0 aliphatic carbocycles. The zero-order valence-corrected chi connectivity index (χ0v) is 11.2. The van der Waals surface area contributed by atoms with Gasteiger partial charge in [-0.3, -0.25) is 4.79 Å². The van der Waals surface area contributed by atoms with E-state index in [0.29, 0.717) is 23.5 Å². The molecule has 0 bridgehead atoms. The summed E-state index contributed by atoms with van der Waals surface area (Å²) < 4.78 is 1.40. The van der Waals surface area contributed by atoms with Gasteiger partial charge in [0, 0.05) is 32.2 Å². The third-order valence-corrected chi connectivity index (χ3v) is 4.38. The second-order valence-electron chi connectivity index (χ2n) is 4.93. The van der Waals surface area contributed by atoms with E-state index in [1.807, 2.05) is 6.92 Å². The largest absolute Gasteiger partial charge is 0.364 e. The van der Waals surface area contributed by atoms with Crippen LogP contribution in [-0.2, 0) is 6.54 Å². The summed E-state index contributed by atoms with van der Waals surface area (Å²) in [6.07, 6.45) is 2.89. The van der Waals surface area contributed by atoms with Crippen molar-refractivity contribution in [3.8, 4) is 0 Å². The molecule has 2 saturated heterocycles. The Hall–Kier alpha value is -1.07. The molecule has 0 radical (unpaired) electrons. The van der Waals surface area contributed by atoms with E-state index in [4.69, 9.17) is 11.6 Å². The van der Waals surface area contributed by atoms with Gasteiger partial charge in [-0.2, -0.15) is 5.10 Å². The molecule has 2 aliphatic rings. The van der Waals surface area contributed by atoms with Crippen molar-refractivity contribution in [3.05, 3.63) is 21.6 Å². The van der Waals surface area contributed by atoms with Crippen molar-refractivity contribution in [2.75, 3.05) is 24.5 Å². The lowest BCUT2D eigenvalue weighted by Gasteiger charge is -2.26. The summed E-state index contributed by atoms with van der Waals surface area (Å²) in [5.74, 6) is 0.676. The molecule has 98 valence electrons. The summed E-state index contributed by atoms with van der Waals surface area (Å²) in [6.45, 7) is 5.44. The normalized spacial score (nSPS) is 26.7. The predicted octanol–water partition coefficient (Wildman–Crippen LogP) is 0.715. The van der Waals surface area contributed by atoms with Gasteiger partial charge < -0.3 is 10.2 Å². The lowest BCUT2D eigenvalue weighted by molar-refractivity contribution is 0.575. The van der Waals surface area contributed by atoms with Crippen LogP contribution >= 0.6 is 11.6 Å². The second-order valence-corrected chi connectivity index (χ2v) is 5.31. The summed E-state index contributed by atoms with van der Waals surface area (Å²) in [4.78, 5) is 14.2. The van der Waals surface area contributed by atoms with Crippen LogP contribution < -0.4 is 15.8 Å². The SMILES string of the molecule is CCn1ncc(N2CC[C@H]3CNC[C@H]32)c(Cl)c1=O. The molecule has 6 heteroatoms. The van der Waals surface area contributed by atoms with Crippen molar-refractivity contribution < 1.29 is 0 Å². The van der Waals surface area contributed by atoms with E-state index >= 15 is 0 Å². The van der Waals surface area contributed by atoms with Crippen LogP contribution in [-0.4, -0.2) is 35.5 Å². The average Bonchev–Trinajstić information content (AvgIpc) is 2.95. The number of aromatic nitrogens is 2. The maximum Gasteiger partial charge on any atom is 0.287 e. The molecule has 18 heavy (non-hydrogen) atoms. The third-order valence-electron chi connectivity index (χ3n) is 4.02. The zero-order valence-electron chi connectivity index (χ0n) is 10.4. The van der Waals surface area contributed by atoms with Crippen molar-refractivity contribution in [2.24, 2.45) is 5.92 Å². The van der Waals surface area contributed by atoms with Gasteiger partial charge in [0.1, 0.15) is 5.02 Å². The van der Waals surface area contributed by atoms with Gasteiger partial charge in [0.15, 0.2) is 0 Å². The smallest absolute Gasteiger partial charge is 0.287 e. The zero-order chi connectivity index (χ0) is 12.7. The molecule has 2 fully saturated rings. The Morgan fingerprint density at radius 2 is 2.39 bits per heavy atom. The van der Waals surface area contributed by atoms with Crippen LogP contribution in [0.3, 0.4) is 0 Å². The third kappa shape index (κ3) is 1.73. The minimum atomic E-state index is -0.189. The van der Waals surface area contributed by atoms with Gasteiger partial charge in [0.2, 0.25) is 0 Å². The molecule has 0 spiro atoms. The van der Waals surface area contributed by atoms with E-state index in [2.05, 4.69) is 15.3 Å². The number of nitrogens with one attached hydrogen (secondary N) is 1. The molecule has 0 amide bonds. The monoisotopic (exact) mass is 268 g/mol. The maximum absolute atomic E-state index is 12.0. The first-order chi connectivity index (χ1) is 8.72. The highest BCUT2D eigenvalue weighted by atomic mass is 35.5. The molecular formula is C12H17ClN4O. The van der Waals surface area contributed by atoms with E-state index in [1.165, 1.54) is 4.68 Å². The molecule has 3 rings (SSSR count). The summed E-state index contributed by atoms with van der Waals surface area (Å²) in [5.41, 5.74) is 0.605. The lowest BCUT2D eigenvalue weighted by atomic mass is 10.1. The number of fused-ring (bicyclic) bond motifs is 1. The fourth-order valence-corrected chi connectivity index (χ4v) is 3.29. The highest BCUT2D eigenvalue weighted by molar-refractivity contribution is 6.33. The Morgan fingerprint density at radius 3 is 3.17 bits per heavy atom. The Bertz CT molecular complexity index is 515. The minimum absolute atomic E-state index is 0.189. The van der Waals surface area contributed by atoms with Gasteiger partial charge in [-0.25, -0.2) is 4.68 Å². The number of halogens is 1. The number of nitrogens with zero attached hydrogens (tertiary/aromatic N) is 3. The predicted molar refractivity (Wildman–Crippen MR) is 71.3 cm³/mol. The fraction of sp³-hybridized carbons (Fsp3) is 0.667. The van der Waals surface area contributed by atoms with Gasteiger partial charge >= 0.3 is 0 Å². The first kappa shape index (κ1) is 12.0. The van der Waals surface area contributed by atoms with E-state index < -0.39 is 0 Å². The molecule has 5 nitrogen and oxygen atoms in total. The second kappa shape index (κ2) is 4.55. The van der Waals surface area contributed by atoms with Crippen LogP contribution in [0, 0.1) is 5.92 Å². The molecule has 2 atom stereocenters. The van der Waals surface area contributed by atoms with Crippen molar-refractivity contribution in [2.45, 2.75) is 25.9 Å². The quantitative estimate of drug-likeness (QED) is 0.859. The van der Waals surface area contributed by atoms with Gasteiger partial charge in [-0.15, -0.1) is 0 Å². The number of anilines is 1. The van der Waals surface area contributed by atoms with E-state index in [1.54, 1.807) is 6.20 Å². The van der Waals surface area contributed by atoms with Crippen molar-refractivity contribution in [1.82, 2.24) is 15.1 Å². The Balaban J connectivity index is 1.98. The maximum atomic E-state index is 12.0. The molecule has 1 N–H and O–H groups in total. The standard InChI is InChI=1S/C12H17ClN4O/c1-2-17-12(18)11(13)10(7-15-17)16-4-3-8-5-14-6-9(8)16/h7-9,14H,2-6H2,1H3/t8-,9+/m0/s1. The number of aryl methyl sites for hydroxylation is 1. The van der Waals surface area contributed by atoms with Crippen LogP contribution in [0.15, 0.2) is 11.0 Å². The molecular weight excluding hydrogens is 252 g/mol.